The maximum absolute atomic E-state index is 9.71. The van der Waals surface area contributed by atoms with Gasteiger partial charge >= 0.3 is 0 Å². The predicted octanol–water partition coefficient (Wildman–Crippen LogP) is 2.81. The number of phenols is 1. The van der Waals surface area contributed by atoms with Crippen molar-refractivity contribution in [1.82, 2.24) is 0 Å². The molecule has 4 heteroatoms. The molecule has 2 aromatic rings. The van der Waals surface area contributed by atoms with Crippen LogP contribution in [0.4, 0.5) is 5.69 Å². The van der Waals surface area contributed by atoms with Crippen LogP contribution in [0.2, 0.25) is 0 Å². The summed E-state index contributed by atoms with van der Waals surface area (Å²) in [4.78, 5) is 2.12. The lowest BCUT2D eigenvalue weighted by molar-refractivity contribution is 0.188. The summed E-state index contributed by atoms with van der Waals surface area (Å²) in [5.74, 6) is 0.874. The number of benzene rings is 2. The van der Waals surface area contributed by atoms with Crippen LogP contribution in [0.3, 0.4) is 0 Å². The number of fused-ring (bicyclic) bond motifs is 1. The topological polar surface area (TPSA) is 52.9 Å². The number of aryl methyl sites for hydroxylation is 2. The van der Waals surface area contributed by atoms with E-state index in [9.17, 15) is 10.2 Å². The van der Waals surface area contributed by atoms with E-state index in [4.69, 9.17) is 4.74 Å². The van der Waals surface area contributed by atoms with E-state index in [1.165, 1.54) is 16.7 Å². The summed E-state index contributed by atoms with van der Waals surface area (Å²) in [6.07, 6.45) is 0.806. The third kappa shape index (κ3) is 3.42. The Labute approximate surface area is 136 Å². The van der Waals surface area contributed by atoms with Crippen molar-refractivity contribution in [3.8, 4) is 11.5 Å². The second kappa shape index (κ2) is 6.50. The minimum Gasteiger partial charge on any atom is -0.508 e. The summed E-state index contributed by atoms with van der Waals surface area (Å²) in [5.41, 5.74) is 4.72. The molecular formula is C19H23NO3. The molecule has 122 valence electrons. The van der Waals surface area contributed by atoms with Gasteiger partial charge in [-0.15, -0.1) is 0 Å². The van der Waals surface area contributed by atoms with Crippen LogP contribution in [0.5, 0.6) is 11.5 Å². The molecule has 0 spiro atoms. The Kier molecular flexibility index (Phi) is 4.44. The number of nitrogens with zero attached hydrogens (tertiary/aromatic N) is 1. The summed E-state index contributed by atoms with van der Waals surface area (Å²) in [6, 6.07) is 11.6. The van der Waals surface area contributed by atoms with Gasteiger partial charge in [0.15, 0.2) is 0 Å². The lowest BCUT2D eigenvalue weighted by atomic mass is 9.99. The van der Waals surface area contributed by atoms with E-state index in [1.807, 2.05) is 6.07 Å². The molecular weight excluding hydrogens is 290 g/mol. The fraction of sp³-hybridized carbons (Fsp3) is 0.368. The number of anilines is 1. The fourth-order valence-corrected chi connectivity index (χ4v) is 3.18. The van der Waals surface area contributed by atoms with Crippen LogP contribution < -0.4 is 9.64 Å². The van der Waals surface area contributed by atoms with Crippen molar-refractivity contribution in [3.63, 3.8) is 0 Å². The van der Waals surface area contributed by atoms with Crippen LogP contribution in [-0.2, 0) is 6.42 Å². The van der Waals surface area contributed by atoms with Gasteiger partial charge in [0.1, 0.15) is 17.6 Å². The molecule has 0 saturated carbocycles. The first-order chi connectivity index (χ1) is 11.1. The SMILES string of the molecule is Cc1ccc(CC2CN(CCO)c3ccc(O)cc3O2)c(C)c1. The van der Waals surface area contributed by atoms with E-state index in [-0.39, 0.29) is 18.5 Å². The van der Waals surface area contributed by atoms with Gasteiger partial charge < -0.3 is 19.8 Å². The third-order valence-electron chi connectivity index (χ3n) is 4.32. The van der Waals surface area contributed by atoms with Crippen molar-refractivity contribution in [1.29, 1.82) is 0 Å². The molecule has 0 aliphatic carbocycles. The molecule has 0 aromatic heterocycles. The van der Waals surface area contributed by atoms with Gasteiger partial charge in [-0.2, -0.15) is 0 Å². The number of hydrogen-bond donors (Lipinski definition) is 2. The van der Waals surface area contributed by atoms with Gasteiger partial charge in [-0.3, -0.25) is 0 Å². The highest BCUT2D eigenvalue weighted by molar-refractivity contribution is 5.62. The molecule has 3 rings (SSSR count). The Hall–Kier alpha value is -2.20. The normalized spacial score (nSPS) is 16.8. The van der Waals surface area contributed by atoms with Crippen molar-refractivity contribution in [2.75, 3.05) is 24.6 Å². The van der Waals surface area contributed by atoms with E-state index in [0.29, 0.717) is 12.3 Å². The van der Waals surface area contributed by atoms with Gasteiger partial charge in [0.2, 0.25) is 0 Å². The second-order valence-electron chi connectivity index (χ2n) is 6.20. The molecule has 0 amide bonds. The van der Waals surface area contributed by atoms with E-state index in [0.717, 1.165) is 18.7 Å². The monoisotopic (exact) mass is 313 g/mol. The molecule has 0 radical (unpaired) electrons. The van der Waals surface area contributed by atoms with E-state index in [2.05, 4.69) is 36.9 Å². The number of hydrogen-bond acceptors (Lipinski definition) is 4. The van der Waals surface area contributed by atoms with E-state index >= 15 is 0 Å². The van der Waals surface area contributed by atoms with Gasteiger partial charge in [-0.05, 0) is 37.1 Å². The molecule has 0 bridgehead atoms. The van der Waals surface area contributed by atoms with Gasteiger partial charge in [0.25, 0.3) is 0 Å². The predicted molar refractivity (Wildman–Crippen MR) is 91.4 cm³/mol. The minimum absolute atomic E-state index is 0.00254. The van der Waals surface area contributed by atoms with E-state index in [1.54, 1.807) is 12.1 Å². The quantitative estimate of drug-likeness (QED) is 0.911. The Morgan fingerprint density at radius 1 is 1.17 bits per heavy atom. The Bertz CT molecular complexity index is 699. The molecule has 1 aliphatic heterocycles. The fourth-order valence-electron chi connectivity index (χ4n) is 3.18. The number of rotatable bonds is 4. The summed E-state index contributed by atoms with van der Waals surface area (Å²) in [7, 11) is 0. The molecule has 1 aliphatic rings. The summed E-state index contributed by atoms with van der Waals surface area (Å²) in [6.45, 7) is 5.60. The lowest BCUT2D eigenvalue weighted by Crippen LogP contribution is -2.42. The van der Waals surface area contributed by atoms with Crippen molar-refractivity contribution in [3.05, 3.63) is 53.1 Å². The van der Waals surface area contributed by atoms with Crippen molar-refractivity contribution < 1.29 is 14.9 Å². The highest BCUT2D eigenvalue weighted by Crippen LogP contribution is 2.36. The number of aromatic hydroxyl groups is 1. The van der Waals surface area contributed by atoms with Gasteiger partial charge in [-0.1, -0.05) is 23.8 Å². The summed E-state index contributed by atoms with van der Waals surface area (Å²) >= 11 is 0. The highest BCUT2D eigenvalue weighted by atomic mass is 16.5. The molecule has 0 saturated heterocycles. The molecule has 23 heavy (non-hydrogen) atoms. The Morgan fingerprint density at radius 2 is 2.00 bits per heavy atom. The second-order valence-corrected chi connectivity index (χ2v) is 6.20. The summed E-state index contributed by atoms with van der Waals surface area (Å²) < 4.78 is 6.10. The number of aliphatic hydroxyl groups is 1. The zero-order chi connectivity index (χ0) is 16.4. The Balaban J connectivity index is 1.84. The minimum atomic E-state index is -0.00254. The zero-order valence-corrected chi connectivity index (χ0v) is 13.6. The number of β-amino-alcohol motifs (C(OH)–C–C–N with tert-alkyl or cyclic N) is 1. The average Bonchev–Trinajstić information content (AvgIpc) is 2.50. The zero-order valence-electron chi connectivity index (χ0n) is 13.6. The molecule has 2 N–H and O–H groups in total. The number of aliphatic hydroxyl groups excluding tert-OH is 1. The first kappa shape index (κ1) is 15.7. The number of ether oxygens (including phenoxy) is 1. The van der Waals surface area contributed by atoms with Gasteiger partial charge in [0.05, 0.1) is 18.8 Å². The smallest absolute Gasteiger partial charge is 0.146 e. The highest BCUT2D eigenvalue weighted by Gasteiger charge is 2.26. The van der Waals surface area contributed by atoms with Crippen LogP contribution in [-0.4, -0.2) is 36.0 Å². The molecule has 1 atom stereocenters. The maximum atomic E-state index is 9.71. The van der Waals surface area contributed by atoms with Crippen molar-refractivity contribution in [2.45, 2.75) is 26.4 Å². The van der Waals surface area contributed by atoms with Crippen LogP contribution in [0.1, 0.15) is 16.7 Å². The van der Waals surface area contributed by atoms with Crippen molar-refractivity contribution >= 4 is 5.69 Å². The third-order valence-corrected chi connectivity index (χ3v) is 4.32. The van der Waals surface area contributed by atoms with Crippen LogP contribution in [0, 0.1) is 13.8 Å². The van der Waals surface area contributed by atoms with Crippen LogP contribution in [0.25, 0.3) is 0 Å². The van der Waals surface area contributed by atoms with Gasteiger partial charge in [-0.25, -0.2) is 0 Å². The number of phenolic OH excluding ortho intramolecular Hbond substituents is 1. The molecule has 4 nitrogen and oxygen atoms in total. The van der Waals surface area contributed by atoms with E-state index < -0.39 is 0 Å². The molecule has 2 aromatic carbocycles. The first-order valence-electron chi connectivity index (χ1n) is 7.98. The summed E-state index contributed by atoms with van der Waals surface area (Å²) in [5, 5.41) is 19.0. The molecule has 1 unspecified atom stereocenters. The maximum Gasteiger partial charge on any atom is 0.146 e. The van der Waals surface area contributed by atoms with Crippen LogP contribution in [0.15, 0.2) is 36.4 Å². The van der Waals surface area contributed by atoms with Crippen molar-refractivity contribution in [2.24, 2.45) is 0 Å². The standard InChI is InChI=1S/C19H23NO3/c1-13-3-4-15(14(2)9-13)10-17-12-20(7-8-21)18-6-5-16(22)11-19(18)23-17/h3-6,9,11,17,21-22H,7-8,10,12H2,1-2H3. The average molecular weight is 313 g/mol. The largest absolute Gasteiger partial charge is 0.508 e. The lowest BCUT2D eigenvalue weighted by Gasteiger charge is -2.36. The van der Waals surface area contributed by atoms with Gasteiger partial charge in [0, 0.05) is 19.0 Å². The molecule has 1 heterocycles. The Morgan fingerprint density at radius 3 is 2.74 bits per heavy atom. The van der Waals surface area contributed by atoms with Crippen LogP contribution >= 0.6 is 0 Å². The first-order valence-corrected chi connectivity index (χ1v) is 7.98. The molecule has 0 fully saturated rings.